The summed E-state index contributed by atoms with van der Waals surface area (Å²) < 4.78 is 1.78. The molecule has 1 aromatic heterocycles. The van der Waals surface area contributed by atoms with E-state index in [-0.39, 0.29) is 24.5 Å². The van der Waals surface area contributed by atoms with Gasteiger partial charge in [-0.15, -0.1) is 0 Å². The quantitative estimate of drug-likeness (QED) is 0.293. The summed E-state index contributed by atoms with van der Waals surface area (Å²) in [7, 11) is 0. The maximum absolute atomic E-state index is 13.5. The monoisotopic (exact) mass is 509 g/mol. The van der Waals surface area contributed by atoms with Gasteiger partial charge in [0, 0.05) is 17.3 Å². The summed E-state index contributed by atoms with van der Waals surface area (Å²) in [5.41, 5.74) is 7.43. The van der Waals surface area contributed by atoms with Gasteiger partial charge in [0.05, 0.1) is 11.4 Å². The highest BCUT2D eigenvalue weighted by atomic mass is 16.2. The van der Waals surface area contributed by atoms with Crippen molar-refractivity contribution in [1.29, 1.82) is 0 Å². The van der Waals surface area contributed by atoms with Gasteiger partial charge in [-0.25, -0.2) is 9.48 Å². The zero-order valence-corrected chi connectivity index (χ0v) is 22.9. The molecule has 38 heavy (non-hydrogen) atoms. The Labute approximate surface area is 224 Å². The number of nitrogens with one attached hydrogen (secondary N) is 2. The fourth-order valence-corrected chi connectivity index (χ4v) is 4.40. The highest BCUT2D eigenvalue weighted by Crippen LogP contribution is 2.34. The van der Waals surface area contributed by atoms with Gasteiger partial charge in [-0.2, -0.15) is 5.10 Å². The first-order valence-corrected chi connectivity index (χ1v) is 12.8. The minimum atomic E-state index is -0.328. The van der Waals surface area contributed by atoms with Crippen molar-refractivity contribution in [2.75, 3.05) is 17.2 Å². The van der Waals surface area contributed by atoms with Crippen LogP contribution in [0, 0.1) is 27.7 Å². The Hall–Kier alpha value is -4.39. The zero-order valence-electron chi connectivity index (χ0n) is 22.9. The van der Waals surface area contributed by atoms with Crippen molar-refractivity contribution >= 4 is 23.4 Å². The lowest BCUT2D eigenvalue weighted by molar-refractivity contribution is -0.117. The van der Waals surface area contributed by atoms with Gasteiger partial charge in [0.1, 0.15) is 12.4 Å². The van der Waals surface area contributed by atoms with Crippen molar-refractivity contribution in [2.45, 2.75) is 47.6 Å². The fraction of sp³-hybridized carbons (Fsp3) is 0.258. The molecule has 1 heterocycles. The second-order valence-corrected chi connectivity index (χ2v) is 9.87. The number of anilines is 2. The minimum Gasteiger partial charge on any atom is -0.313 e. The molecule has 0 unspecified atom stereocenters. The third-order valence-corrected chi connectivity index (χ3v) is 6.68. The first-order chi connectivity index (χ1) is 18.2. The van der Waals surface area contributed by atoms with Gasteiger partial charge in [-0.3, -0.25) is 4.79 Å². The van der Waals surface area contributed by atoms with Gasteiger partial charge in [-0.1, -0.05) is 54.6 Å². The number of para-hydroxylation sites is 1. The molecule has 0 aliphatic rings. The van der Waals surface area contributed by atoms with Crippen LogP contribution in [0.5, 0.6) is 0 Å². The molecule has 0 radical (unpaired) electrons. The van der Waals surface area contributed by atoms with E-state index in [9.17, 15) is 9.59 Å². The Morgan fingerprint density at radius 3 is 2.18 bits per heavy atom. The summed E-state index contributed by atoms with van der Waals surface area (Å²) in [6, 6.07) is 23.0. The van der Waals surface area contributed by atoms with Crippen molar-refractivity contribution in [3.63, 3.8) is 0 Å². The van der Waals surface area contributed by atoms with Crippen LogP contribution >= 0.6 is 0 Å². The summed E-state index contributed by atoms with van der Waals surface area (Å²) in [4.78, 5) is 28.2. The first-order valence-electron chi connectivity index (χ1n) is 12.8. The van der Waals surface area contributed by atoms with Crippen LogP contribution in [0.3, 0.4) is 0 Å². The Kier molecular flexibility index (Phi) is 7.96. The van der Waals surface area contributed by atoms with Gasteiger partial charge < -0.3 is 15.5 Å². The summed E-state index contributed by atoms with van der Waals surface area (Å²) >= 11 is 0. The van der Waals surface area contributed by atoms with E-state index in [1.54, 1.807) is 4.68 Å². The number of aromatic nitrogens is 2. The predicted molar refractivity (Wildman–Crippen MR) is 154 cm³/mol. The molecule has 0 aliphatic carbocycles. The van der Waals surface area contributed by atoms with E-state index < -0.39 is 0 Å². The van der Waals surface area contributed by atoms with Crippen molar-refractivity contribution in [3.05, 3.63) is 95.2 Å². The lowest BCUT2D eigenvalue weighted by Gasteiger charge is -2.26. The van der Waals surface area contributed by atoms with Gasteiger partial charge in [0.25, 0.3) is 0 Å². The molecule has 3 aromatic carbocycles. The predicted octanol–water partition coefficient (Wildman–Crippen LogP) is 6.65. The number of aryl methyl sites for hydroxylation is 4. The molecule has 4 rings (SSSR count). The molecule has 0 saturated carbocycles. The van der Waals surface area contributed by atoms with Crippen LogP contribution in [0.4, 0.5) is 16.3 Å². The Balaban J connectivity index is 1.64. The van der Waals surface area contributed by atoms with Gasteiger partial charge in [0.2, 0.25) is 5.91 Å². The number of amides is 3. The van der Waals surface area contributed by atoms with Crippen molar-refractivity contribution in [3.8, 4) is 16.8 Å². The van der Waals surface area contributed by atoms with Gasteiger partial charge in [-0.05, 0) is 82.0 Å². The number of benzene rings is 3. The third kappa shape index (κ3) is 5.78. The minimum absolute atomic E-state index is 0.111. The molecular formula is C31H35N5O2. The largest absolute Gasteiger partial charge is 0.322 e. The van der Waals surface area contributed by atoms with Crippen molar-refractivity contribution in [2.24, 2.45) is 0 Å². The Morgan fingerprint density at radius 1 is 0.842 bits per heavy atom. The van der Waals surface area contributed by atoms with Crippen LogP contribution in [0.15, 0.2) is 72.8 Å². The van der Waals surface area contributed by atoms with Crippen molar-refractivity contribution < 1.29 is 9.59 Å². The highest BCUT2D eigenvalue weighted by molar-refractivity contribution is 5.99. The van der Waals surface area contributed by atoms with Gasteiger partial charge >= 0.3 is 6.03 Å². The van der Waals surface area contributed by atoms with E-state index >= 15 is 0 Å². The molecule has 0 spiro atoms. The van der Waals surface area contributed by atoms with E-state index in [1.807, 2.05) is 114 Å². The molecule has 0 saturated heterocycles. The smallest absolute Gasteiger partial charge is 0.313 e. The third-order valence-electron chi connectivity index (χ3n) is 6.68. The molecule has 4 aromatic rings. The summed E-state index contributed by atoms with van der Waals surface area (Å²) in [6.45, 7) is 11.7. The number of carbonyl (C=O) groups excluding carboxylic acids is 2. The molecule has 196 valence electrons. The Morgan fingerprint density at radius 2 is 1.53 bits per heavy atom. The van der Waals surface area contributed by atoms with Gasteiger partial charge in [0.15, 0.2) is 0 Å². The zero-order chi connectivity index (χ0) is 27.4. The SMILES string of the molecule is Cc1ccc(NC(=O)N(CC(=O)Nc2c(-c3ccccc3)c(C)nn2-c2ccccc2C)C(C)C)cc1C. The maximum atomic E-state index is 13.5. The molecule has 7 heteroatoms. The molecule has 7 nitrogen and oxygen atoms in total. The molecular weight excluding hydrogens is 474 g/mol. The summed E-state index contributed by atoms with van der Waals surface area (Å²) in [5.74, 6) is 0.270. The van der Waals surface area contributed by atoms with E-state index in [0.29, 0.717) is 11.5 Å². The average Bonchev–Trinajstić information content (AvgIpc) is 3.20. The average molecular weight is 510 g/mol. The number of urea groups is 1. The molecule has 0 aliphatic heterocycles. The molecule has 0 bridgehead atoms. The lowest BCUT2D eigenvalue weighted by Crippen LogP contribution is -2.44. The van der Waals surface area contributed by atoms with Crippen molar-refractivity contribution in [1.82, 2.24) is 14.7 Å². The van der Waals surface area contributed by atoms with E-state index in [2.05, 4.69) is 10.6 Å². The molecule has 2 N–H and O–H groups in total. The van der Waals surface area contributed by atoms with Crippen LogP contribution in [0.2, 0.25) is 0 Å². The normalized spacial score (nSPS) is 10.9. The molecule has 0 fully saturated rings. The number of rotatable bonds is 7. The van der Waals surface area contributed by atoms with Crippen LogP contribution in [0.1, 0.15) is 36.2 Å². The number of hydrogen-bond acceptors (Lipinski definition) is 3. The first kappa shape index (κ1) is 26.7. The topological polar surface area (TPSA) is 79.3 Å². The molecule has 0 atom stereocenters. The van der Waals surface area contributed by atoms with Crippen LogP contribution in [0.25, 0.3) is 16.8 Å². The summed E-state index contributed by atoms with van der Waals surface area (Å²) in [6.07, 6.45) is 0. The van der Waals surface area contributed by atoms with Crippen LogP contribution < -0.4 is 10.6 Å². The van der Waals surface area contributed by atoms with E-state index in [0.717, 1.165) is 39.2 Å². The van der Waals surface area contributed by atoms with Crippen LogP contribution in [-0.4, -0.2) is 39.2 Å². The number of hydrogen-bond donors (Lipinski definition) is 2. The summed E-state index contributed by atoms with van der Waals surface area (Å²) in [5, 5.41) is 10.8. The standard InChI is InChI=1S/C31H35N5O2/c1-20(2)35(31(38)32-26-17-16-21(3)23(5)18-26)19-28(37)33-30-29(25-13-8-7-9-14-25)24(6)34-36(30)27-15-11-10-12-22(27)4/h7-18,20H,19H2,1-6H3,(H,32,38)(H,33,37). The van der Waals surface area contributed by atoms with E-state index in [1.165, 1.54) is 4.90 Å². The molecule has 3 amide bonds. The van der Waals surface area contributed by atoms with E-state index in [4.69, 9.17) is 5.10 Å². The highest BCUT2D eigenvalue weighted by Gasteiger charge is 2.24. The lowest BCUT2D eigenvalue weighted by atomic mass is 10.1. The second kappa shape index (κ2) is 11.3. The number of nitrogens with zero attached hydrogens (tertiary/aromatic N) is 3. The second-order valence-electron chi connectivity index (χ2n) is 9.87. The fourth-order valence-electron chi connectivity index (χ4n) is 4.40. The maximum Gasteiger partial charge on any atom is 0.322 e. The van der Waals surface area contributed by atoms with Crippen LogP contribution in [-0.2, 0) is 4.79 Å². The number of carbonyl (C=O) groups is 2. The Bertz CT molecular complexity index is 1460.